The van der Waals surface area contributed by atoms with Gasteiger partial charge in [-0.1, -0.05) is 37.2 Å². The van der Waals surface area contributed by atoms with Gasteiger partial charge >= 0.3 is 0 Å². The first kappa shape index (κ1) is 13.9. The van der Waals surface area contributed by atoms with Gasteiger partial charge in [0.05, 0.1) is 16.9 Å². The van der Waals surface area contributed by atoms with Crippen molar-refractivity contribution in [1.29, 1.82) is 0 Å². The Morgan fingerprint density at radius 1 is 1.42 bits per heavy atom. The number of nitrogens with two attached hydrogens (primary N) is 1. The Bertz CT molecular complexity index is 498. The molecule has 3 N–H and O–H groups in total. The number of amides is 1. The fourth-order valence-electron chi connectivity index (χ4n) is 2.55. The van der Waals surface area contributed by atoms with Gasteiger partial charge in [0.15, 0.2) is 0 Å². The van der Waals surface area contributed by atoms with Gasteiger partial charge in [0, 0.05) is 0 Å². The van der Waals surface area contributed by atoms with Crippen LogP contribution in [0.2, 0.25) is 0 Å². The molecular formula is C14H17FN2OS. The van der Waals surface area contributed by atoms with E-state index in [0.717, 1.165) is 25.7 Å². The molecule has 0 saturated heterocycles. The zero-order valence-electron chi connectivity index (χ0n) is 10.6. The first-order valence-corrected chi connectivity index (χ1v) is 6.78. The molecule has 2 rings (SSSR count). The van der Waals surface area contributed by atoms with E-state index in [1.807, 2.05) is 0 Å². The summed E-state index contributed by atoms with van der Waals surface area (Å²) in [6, 6.07) is 6.04. The fourth-order valence-corrected chi connectivity index (χ4v) is 2.81. The third kappa shape index (κ3) is 3.29. The maximum Gasteiger partial charge on any atom is 0.225 e. The molecule has 0 atom stereocenters. The monoisotopic (exact) mass is 280 g/mol. The SMILES string of the molecule is NC(=S)C1(NC(=O)Cc2cccc(F)c2)CCCC1. The molecule has 0 radical (unpaired) electrons. The first-order chi connectivity index (χ1) is 9.02. The van der Waals surface area contributed by atoms with Gasteiger partial charge in [-0.25, -0.2) is 4.39 Å². The van der Waals surface area contributed by atoms with Crippen molar-refractivity contribution in [2.24, 2.45) is 5.73 Å². The minimum absolute atomic E-state index is 0.141. The van der Waals surface area contributed by atoms with Crippen molar-refractivity contribution in [3.8, 4) is 0 Å². The Morgan fingerprint density at radius 2 is 2.11 bits per heavy atom. The lowest BCUT2D eigenvalue weighted by Gasteiger charge is -2.29. The number of rotatable bonds is 4. The van der Waals surface area contributed by atoms with E-state index in [-0.39, 0.29) is 18.1 Å². The highest BCUT2D eigenvalue weighted by Gasteiger charge is 2.37. The van der Waals surface area contributed by atoms with Crippen molar-refractivity contribution in [2.75, 3.05) is 0 Å². The summed E-state index contributed by atoms with van der Waals surface area (Å²) >= 11 is 5.07. The van der Waals surface area contributed by atoms with Crippen LogP contribution >= 0.6 is 12.2 Å². The van der Waals surface area contributed by atoms with Crippen molar-refractivity contribution >= 4 is 23.1 Å². The summed E-state index contributed by atoms with van der Waals surface area (Å²) in [6.45, 7) is 0. The fraction of sp³-hybridized carbons (Fsp3) is 0.429. The lowest BCUT2D eigenvalue weighted by Crippen LogP contribution is -2.55. The molecule has 19 heavy (non-hydrogen) atoms. The summed E-state index contributed by atoms with van der Waals surface area (Å²) < 4.78 is 13.1. The lowest BCUT2D eigenvalue weighted by atomic mass is 9.97. The highest BCUT2D eigenvalue weighted by atomic mass is 32.1. The summed E-state index contributed by atoms with van der Waals surface area (Å²) in [4.78, 5) is 12.4. The van der Waals surface area contributed by atoms with Crippen LogP contribution in [0.3, 0.4) is 0 Å². The molecule has 0 unspecified atom stereocenters. The predicted molar refractivity (Wildman–Crippen MR) is 76.2 cm³/mol. The maximum absolute atomic E-state index is 13.1. The summed E-state index contributed by atoms with van der Waals surface area (Å²) in [5.41, 5.74) is 5.86. The van der Waals surface area contributed by atoms with E-state index in [4.69, 9.17) is 18.0 Å². The van der Waals surface area contributed by atoms with Gasteiger partial charge in [-0.2, -0.15) is 0 Å². The molecule has 0 bridgehead atoms. The van der Waals surface area contributed by atoms with Crippen LogP contribution in [0, 0.1) is 5.82 Å². The largest absolute Gasteiger partial charge is 0.391 e. The second-order valence-corrected chi connectivity index (χ2v) is 5.45. The summed E-state index contributed by atoms with van der Waals surface area (Å²) in [5, 5.41) is 2.93. The van der Waals surface area contributed by atoms with Crippen LogP contribution in [0.1, 0.15) is 31.2 Å². The third-order valence-electron chi connectivity index (χ3n) is 3.56. The summed E-state index contributed by atoms with van der Waals surface area (Å²) in [7, 11) is 0. The van der Waals surface area contributed by atoms with E-state index >= 15 is 0 Å². The first-order valence-electron chi connectivity index (χ1n) is 6.37. The molecule has 1 amide bonds. The molecule has 1 aliphatic rings. The second kappa shape index (κ2) is 5.65. The topological polar surface area (TPSA) is 55.1 Å². The van der Waals surface area contributed by atoms with Crippen molar-refractivity contribution in [2.45, 2.75) is 37.6 Å². The van der Waals surface area contributed by atoms with E-state index in [9.17, 15) is 9.18 Å². The number of benzene rings is 1. The van der Waals surface area contributed by atoms with Crippen LogP contribution in [-0.4, -0.2) is 16.4 Å². The van der Waals surface area contributed by atoms with Gasteiger partial charge in [0.25, 0.3) is 0 Å². The normalized spacial score (nSPS) is 17.1. The van der Waals surface area contributed by atoms with Crippen LogP contribution < -0.4 is 11.1 Å². The van der Waals surface area contributed by atoms with Gasteiger partial charge in [-0.05, 0) is 30.5 Å². The average molecular weight is 280 g/mol. The Kier molecular flexibility index (Phi) is 4.14. The lowest BCUT2D eigenvalue weighted by molar-refractivity contribution is -0.121. The van der Waals surface area contributed by atoms with E-state index in [0.29, 0.717) is 10.6 Å². The van der Waals surface area contributed by atoms with Crippen LogP contribution in [0.25, 0.3) is 0 Å². The minimum atomic E-state index is -0.542. The van der Waals surface area contributed by atoms with Crippen molar-refractivity contribution in [1.82, 2.24) is 5.32 Å². The number of halogens is 1. The van der Waals surface area contributed by atoms with Crippen molar-refractivity contribution < 1.29 is 9.18 Å². The molecule has 1 fully saturated rings. The molecule has 0 spiro atoms. The molecule has 0 aromatic heterocycles. The van der Waals surface area contributed by atoms with Crippen LogP contribution in [0.4, 0.5) is 4.39 Å². The molecule has 0 heterocycles. The standard InChI is InChI=1S/C14H17FN2OS/c15-11-5-3-4-10(8-11)9-12(18)17-14(13(16)19)6-1-2-7-14/h3-5,8H,1-2,6-7,9H2,(H2,16,19)(H,17,18). The molecule has 1 saturated carbocycles. The number of hydrogen-bond acceptors (Lipinski definition) is 2. The zero-order chi connectivity index (χ0) is 13.9. The van der Waals surface area contributed by atoms with Crippen LogP contribution in [0.5, 0.6) is 0 Å². The van der Waals surface area contributed by atoms with E-state index in [1.165, 1.54) is 12.1 Å². The number of hydrogen-bond donors (Lipinski definition) is 2. The number of carbonyl (C=O) groups is 1. The summed E-state index contributed by atoms with van der Waals surface area (Å²) in [5.74, 6) is -0.504. The Labute approximate surface area is 117 Å². The number of nitrogens with one attached hydrogen (secondary N) is 1. The highest BCUT2D eigenvalue weighted by molar-refractivity contribution is 7.80. The smallest absolute Gasteiger partial charge is 0.225 e. The molecule has 102 valence electrons. The van der Waals surface area contributed by atoms with Crippen molar-refractivity contribution in [3.63, 3.8) is 0 Å². The van der Waals surface area contributed by atoms with E-state index in [2.05, 4.69) is 5.32 Å². The number of carbonyl (C=O) groups excluding carboxylic acids is 1. The Balaban J connectivity index is 2.02. The molecular weight excluding hydrogens is 263 g/mol. The molecule has 1 aromatic rings. The third-order valence-corrected chi connectivity index (χ3v) is 3.95. The molecule has 1 aliphatic carbocycles. The zero-order valence-corrected chi connectivity index (χ0v) is 11.4. The molecule has 5 heteroatoms. The van der Waals surface area contributed by atoms with E-state index < -0.39 is 5.54 Å². The van der Waals surface area contributed by atoms with Gasteiger partial charge < -0.3 is 11.1 Å². The van der Waals surface area contributed by atoms with E-state index in [1.54, 1.807) is 12.1 Å². The predicted octanol–water partition coefficient (Wildman–Crippen LogP) is 2.08. The van der Waals surface area contributed by atoms with Gasteiger partial charge in [0.1, 0.15) is 5.82 Å². The second-order valence-electron chi connectivity index (χ2n) is 5.01. The molecule has 3 nitrogen and oxygen atoms in total. The molecule has 0 aliphatic heterocycles. The average Bonchev–Trinajstić information content (AvgIpc) is 2.78. The number of thiocarbonyl (C=S) groups is 1. The van der Waals surface area contributed by atoms with Gasteiger partial charge in [0.2, 0.25) is 5.91 Å². The summed E-state index contributed by atoms with van der Waals surface area (Å²) in [6.07, 6.45) is 3.74. The van der Waals surface area contributed by atoms with Crippen LogP contribution in [-0.2, 0) is 11.2 Å². The van der Waals surface area contributed by atoms with Gasteiger partial charge in [-0.3, -0.25) is 4.79 Å². The molecule has 1 aromatic carbocycles. The van der Waals surface area contributed by atoms with Crippen molar-refractivity contribution in [3.05, 3.63) is 35.6 Å². The maximum atomic E-state index is 13.1. The van der Waals surface area contributed by atoms with Crippen LogP contribution in [0.15, 0.2) is 24.3 Å². The van der Waals surface area contributed by atoms with Gasteiger partial charge in [-0.15, -0.1) is 0 Å². The quantitative estimate of drug-likeness (QED) is 0.830. The Hall–Kier alpha value is -1.49. The minimum Gasteiger partial charge on any atom is -0.391 e. The Morgan fingerprint density at radius 3 is 2.68 bits per heavy atom. The highest BCUT2D eigenvalue weighted by Crippen LogP contribution is 2.30.